The Morgan fingerprint density at radius 3 is 2.68 bits per heavy atom. The van der Waals surface area contributed by atoms with Gasteiger partial charge in [-0.25, -0.2) is 4.98 Å². The standard InChI is InChI=1S/C21H24N4O2S/c1-5-24(16(4)26)13-17-7-6-8-18(12-17)23-20(27)19-11-14(2)25(15(19)3)21-22-9-10-28-21/h6-12H,5,13H2,1-4H3,(H,23,27). The molecule has 6 nitrogen and oxygen atoms in total. The Morgan fingerprint density at radius 2 is 2.04 bits per heavy atom. The normalized spacial score (nSPS) is 10.7. The van der Waals surface area contributed by atoms with Crippen molar-refractivity contribution in [3.05, 3.63) is 64.4 Å². The molecule has 0 spiro atoms. The molecular weight excluding hydrogens is 372 g/mol. The molecule has 0 fully saturated rings. The third-order valence-electron chi connectivity index (χ3n) is 4.67. The van der Waals surface area contributed by atoms with Crippen LogP contribution in [0.2, 0.25) is 0 Å². The average Bonchev–Trinajstić information content (AvgIpc) is 3.27. The maximum Gasteiger partial charge on any atom is 0.257 e. The number of anilines is 1. The van der Waals surface area contributed by atoms with Crippen LogP contribution in [0.25, 0.3) is 5.13 Å². The molecule has 146 valence electrons. The monoisotopic (exact) mass is 396 g/mol. The summed E-state index contributed by atoms with van der Waals surface area (Å²) < 4.78 is 1.99. The van der Waals surface area contributed by atoms with E-state index in [0.29, 0.717) is 24.3 Å². The van der Waals surface area contributed by atoms with Crippen LogP contribution in [0.1, 0.15) is 41.2 Å². The number of rotatable bonds is 6. The molecule has 1 aromatic carbocycles. The zero-order valence-corrected chi connectivity index (χ0v) is 17.3. The van der Waals surface area contributed by atoms with Crippen molar-refractivity contribution in [2.75, 3.05) is 11.9 Å². The van der Waals surface area contributed by atoms with Gasteiger partial charge in [0.05, 0.1) is 5.56 Å². The van der Waals surface area contributed by atoms with Gasteiger partial charge in [-0.2, -0.15) is 0 Å². The predicted octanol–water partition coefficient (Wildman–Crippen LogP) is 4.17. The number of amides is 2. The first kappa shape index (κ1) is 19.8. The number of nitrogens with zero attached hydrogens (tertiary/aromatic N) is 3. The van der Waals surface area contributed by atoms with E-state index in [0.717, 1.165) is 22.1 Å². The fourth-order valence-electron chi connectivity index (χ4n) is 3.23. The maximum absolute atomic E-state index is 12.9. The predicted molar refractivity (Wildman–Crippen MR) is 112 cm³/mol. The number of carbonyl (C=O) groups is 2. The molecule has 0 saturated heterocycles. The molecule has 28 heavy (non-hydrogen) atoms. The first-order valence-electron chi connectivity index (χ1n) is 9.15. The summed E-state index contributed by atoms with van der Waals surface area (Å²) in [6, 6.07) is 9.48. The van der Waals surface area contributed by atoms with E-state index in [1.54, 1.807) is 18.0 Å². The van der Waals surface area contributed by atoms with Crippen molar-refractivity contribution in [3.8, 4) is 5.13 Å². The topological polar surface area (TPSA) is 67.2 Å². The fourth-order valence-corrected chi connectivity index (χ4v) is 3.98. The van der Waals surface area contributed by atoms with Gasteiger partial charge in [0.2, 0.25) is 5.91 Å². The molecule has 0 atom stereocenters. The van der Waals surface area contributed by atoms with Crippen LogP contribution in [0.3, 0.4) is 0 Å². The highest BCUT2D eigenvalue weighted by Crippen LogP contribution is 2.23. The lowest BCUT2D eigenvalue weighted by atomic mass is 10.1. The van der Waals surface area contributed by atoms with Crippen molar-refractivity contribution in [1.82, 2.24) is 14.5 Å². The Labute approximate surface area is 168 Å². The summed E-state index contributed by atoms with van der Waals surface area (Å²) in [5.74, 6) is -0.126. The first-order chi connectivity index (χ1) is 13.4. The molecule has 7 heteroatoms. The second-order valence-electron chi connectivity index (χ2n) is 6.62. The Bertz CT molecular complexity index is 992. The smallest absolute Gasteiger partial charge is 0.257 e. The number of nitrogens with one attached hydrogen (secondary N) is 1. The van der Waals surface area contributed by atoms with Crippen LogP contribution in [0, 0.1) is 13.8 Å². The van der Waals surface area contributed by atoms with Gasteiger partial charge in [0.15, 0.2) is 5.13 Å². The van der Waals surface area contributed by atoms with E-state index in [-0.39, 0.29) is 11.8 Å². The van der Waals surface area contributed by atoms with E-state index in [2.05, 4.69) is 10.3 Å². The molecule has 0 aliphatic heterocycles. The van der Waals surface area contributed by atoms with E-state index in [4.69, 9.17) is 0 Å². The lowest BCUT2D eigenvalue weighted by Gasteiger charge is -2.19. The van der Waals surface area contributed by atoms with Crippen LogP contribution in [-0.4, -0.2) is 32.8 Å². The molecule has 3 rings (SSSR count). The SMILES string of the molecule is CCN(Cc1cccc(NC(=O)c2cc(C)n(-c3nccs3)c2C)c1)C(C)=O. The van der Waals surface area contributed by atoms with E-state index in [9.17, 15) is 9.59 Å². The summed E-state index contributed by atoms with van der Waals surface area (Å²) in [5, 5.41) is 5.74. The number of thiazole rings is 1. The number of aromatic nitrogens is 2. The second-order valence-corrected chi connectivity index (χ2v) is 7.50. The summed E-state index contributed by atoms with van der Waals surface area (Å²) in [6.45, 7) is 8.57. The van der Waals surface area contributed by atoms with Crippen LogP contribution < -0.4 is 5.32 Å². The van der Waals surface area contributed by atoms with Crippen LogP contribution >= 0.6 is 11.3 Å². The minimum absolute atomic E-state index is 0.0339. The Balaban J connectivity index is 1.80. The van der Waals surface area contributed by atoms with Gasteiger partial charge in [0.1, 0.15) is 0 Å². The summed E-state index contributed by atoms with van der Waals surface area (Å²) in [4.78, 5) is 30.6. The molecule has 0 bridgehead atoms. The lowest BCUT2D eigenvalue weighted by molar-refractivity contribution is -0.129. The lowest BCUT2D eigenvalue weighted by Crippen LogP contribution is -2.27. The highest BCUT2D eigenvalue weighted by Gasteiger charge is 2.18. The van der Waals surface area contributed by atoms with Gasteiger partial charge in [-0.3, -0.25) is 14.2 Å². The molecule has 3 aromatic rings. The molecule has 2 heterocycles. The zero-order valence-electron chi connectivity index (χ0n) is 16.5. The van der Waals surface area contributed by atoms with Gasteiger partial charge in [0.25, 0.3) is 5.91 Å². The first-order valence-corrected chi connectivity index (χ1v) is 10.0. The third-order valence-corrected chi connectivity index (χ3v) is 5.43. The third kappa shape index (κ3) is 4.14. The van der Waals surface area contributed by atoms with E-state index < -0.39 is 0 Å². The molecule has 0 aliphatic carbocycles. The quantitative estimate of drug-likeness (QED) is 0.680. The van der Waals surface area contributed by atoms with Crippen LogP contribution in [0.4, 0.5) is 5.69 Å². The molecule has 0 radical (unpaired) electrons. The van der Waals surface area contributed by atoms with Crippen molar-refractivity contribution in [2.45, 2.75) is 34.2 Å². The van der Waals surface area contributed by atoms with E-state index >= 15 is 0 Å². The minimum Gasteiger partial charge on any atom is -0.339 e. The van der Waals surface area contributed by atoms with Gasteiger partial charge in [-0.15, -0.1) is 11.3 Å². The molecular formula is C21H24N4O2S. The molecule has 2 amide bonds. The molecule has 2 aromatic heterocycles. The van der Waals surface area contributed by atoms with Crippen LogP contribution in [-0.2, 0) is 11.3 Å². The Kier molecular flexibility index (Phi) is 5.94. The molecule has 0 saturated carbocycles. The van der Waals surface area contributed by atoms with Gasteiger partial charge in [-0.1, -0.05) is 12.1 Å². The van der Waals surface area contributed by atoms with E-state index in [1.807, 2.05) is 61.1 Å². The fraction of sp³-hybridized carbons (Fsp3) is 0.286. The number of hydrogen-bond acceptors (Lipinski definition) is 4. The van der Waals surface area contributed by atoms with E-state index in [1.165, 1.54) is 11.3 Å². The summed E-state index contributed by atoms with van der Waals surface area (Å²) in [7, 11) is 0. The van der Waals surface area contributed by atoms with Crippen molar-refractivity contribution in [1.29, 1.82) is 0 Å². The Morgan fingerprint density at radius 1 is 1.25 bits per heavy atom. The molecule has 0 aliphatic rings. The van der Waals surface area contributed by atoms with Crippen LogP contribution in [0.5, 0.6) is 0 Å². The second kappa shape index (κ2) is 8.39. The largest absolute Gasteiger partial charge is 0.339 e. The maximum atomic E-state index is 12.9. The summed E-state index contributed by atoms with van der Waals surface area (Å²) >= 11 is 1.53. The van der Waals surface area contributed by atoms with Crippen molar-refractivity contribution >= 4 is 28.8 Å². The van der Waals surface area contributed by atoms with Crippen molar-refractivity contribution < 1.29 is 9.59 Å². The van der Waals surface area contributed by atoms with Crippen molar-refractivity contribution in [2.24, 2.45) is 0 Å². The van der Waals surface area contributed by atoms with Gasteiger partial charge in [0, 0.05) is 48.7 Å². The number of hydrogen-bond donors (Lipinski definition) is 1. The van der Waals surface area contributed by atoms with Crippen molar-refractivity contribution in [3.63, 3.8) is 0 Å². The number of benzene rings is 1. The minimum atomic E-state index is -0.160. The number of carbonyl (C=O) groups excluding carboxylic acids is 2. The zero-order chi connectivity index (χ0) is 20.3. The average molecular weight is 397 g/mol. The van der Waals surface area contributed by atoms with Gasteiger partial charge < -0.3 is 10.2 Å². The highest BCUT2D eigenvalue weighted by atomic mass is 32.1. The molecule has 0 unspecified atom stereocenters. The summed E-state index contributed by atoms with van der Waals surface area (Å²) in [6.07, 6.45) is 1.75. The highest BCUT2D eigenvalue weighted by molar-refractivity contribution is 7.12. The number of aryl methyl sites for hydroxylation is 1. The van der Waals surface area contributed by atoms with Crippen LogP contribution in [0.15, 0.2) is 41.9 Å². The molecule has 1 N–H and O–H groups in total. The Hall–Kier alpha value is -2.93. The van der Waals surface area contributed by atoms with Gasteiger partial charge in [-0.05, 0) is 44.5 Å². The summed E-state index contributed by atoms with van der Waals surface area (Å²) in [5.41, 5.74) is 4.13. The van der Waals surface area contributed by atoms with Gasteiger partial charge >= 0.3 is 0 Å².